The van der Waals surface area contributed by atoms with Crippen LogP contribution < -0.4 is 19.7 Å². The van der Waals surface area contributed by atoms with Crippen molar-refractivity contribution in [3.8, 4) is 22.9 Å². The number of ether oxygens (including phenoxy) is 2. The van der Waals surface area contributed by atoms with Gasteiger partial charge in [-0.2, -0.15) is 4.98 Å². The van der Waals surface area contributed by atoms with Gasteiger partial charge in [-0.3, -0.25) is 4.90 Å². The molecule has 0 bridgehead atoms. The van der Waals surface area contributed by atoms with E-state index in [1.165, 1.54) is 0 Å². The number of hydrogen-bond acceptors (Lipinski definition) is 6. The molecule has 0 aliphatic carbocycles. The molecule has 0 fully saturated rings. The van der Waals surface area contributed by atoms with Crippen molar-refractivity contribution in [2.75, 3.05) is 19.1 Å². The van der Waals surface area contributed by atoms with Gasteiger partial charge in [0.05, 0.1) is 31.5 Å². The van der Waals surface area contributed by atoms with Crippen molar-refractivity contribution in [1.29, 1.82) is 0 Å². The number of carbonyl (C=O) groups excluding carboxylic acids is 1. The number of methoxy groups -OCH3 is 2. The first kappa shape index (κ1) is 23.2. The fraction of sp³-hybridized carbons (Fsp3) is 0.179. The molecule has 8 nitrogen and oxygen atoms in total. The van der Waals surface area contributed by atoms with Crippen molar-refractivity contribution < 1.29 is 18.8 Å². The fourth-order valence-electron chi connectivity index (χ4n) is 4.26. The van der Waals surface area contributed by atoms with Gasteiger partial charge in [0.25, 0.3) is 5.89 Å². The van der Waals surface area contributed by atoms with Crippen LogP contribution in [0.5, 0.6) is 11.5 Å². The molecular formula is C28H26N4O4. The Balaban J connectivity index is 1.62. The summed E-state index contributed by atoms with van der Waals surface area (Å²) in [6.07, 6.45) is 0. The second-order valence-corrected chi connectivity index (χ2v) is 8.48. The first-order valence-corrected chi connectivity index (χ1v) is 11.5. The summed E-state index contributed by atoms with van der Waals surface area (Å²) in [7, 11) is 3.22. The van der Waals surface area contributed by atoms with Crippen LogP contribution in [-0.2, 0) is 0 Å². The number of benzene rings is 3. The minimum Gasteiger partial charge on any atom is -0.497 e. The van der Waals surface area contributed by atoms with Crippen LogP contribution in [-0.4, -0.2) is 30.4 Å². The van der Waals surface area contributed by atoms with Gasteiger partial charge < -0.3 is 19.3 Å². The number of aromatic nitrogens is 2. The highest BCUT2D eigenvalue weighted by Crippen LogP contribution is 2.39. The predicted molar refractivity (Wildman–Crippen MR) is 137 cm³/mol. The Morgan fingerprint density at radius 2 is 1.47 bits per heavy atom. The molecule has 1 unspecified atom stereocenters. The molecular weight excluding hydrogens is 456 g/mol. The maximum atomic E-state index is 13.4. The van der Waals surface area contributed by atoms with E-state index < -0.39 is 6.04 Å². The summed E-state index contributed by atoms with van der Waals surface area (Å²) in [5.41, 5.74) is 4.94. The Bertz CT molecular complexity index is 1410. The lowest BCUT2D eigenvalue weighted by Crippen LogP contribution is -2.46. The number of carbonyl (C=O) groups is 1. The highest BCUT2D eigenvalue weighted by Gasteiger charge is 2.36. The molecule has 1 N–H and O–H groups in total. The van der Waals surface area contributed by atoms with Gasteiger partial charge in [-0.25, -0.2) is 4.79 Å². The average molecular weight is 483 g/mol. The normalized spacial score (nSPS) is 15.6. The van der Waals surface area contributed by atoms with Gasteiger partial charge >= 0.3 is 6.03 Å². The van der Waals surface area contributed by atoms with Gasteiger partial charge in [-0.1, -0.05) is 47.1 Å². The summed E-state index contributed by atoms with van der Waals surface area (Å²) in [5, 5.41) is 7.34. The van der Waals surface area contributed by atoms with E-state index in [4.69, 9.17) is 19.0 Å². The number of nitrogens with one attached hydrogen (secondary N) is 1. The molecule has 1 aliphatic heterocycles. The van der Waals surface area contributed by atoms with Crippen LogP contribution in [0.25, 0.3) is 17.0 Å². The molecule has 8 heteroatoms. The maximum absolute atomic E-state index is 13.4. The van der Waals surface area contributed by atoms with E-state index in [9.17, 15) is 4.79 Å². The van der Waals surface area contributed by atoms with E-state index >= 15 is 0 Å². The lowest BCUT2D eigenvalue weighted by atomic mass is 9.94. The summed E-state index contributed by atoms with van der Waals surface area (Å²) in [4.78, 5) is 19.7. The van der Waals surface area contributed by atoms with Crippen molar-refractivity contribution >= 4 is 17.3 Å². The lowest BCUT2D eigenvalue weighted by Gasteiger charge is -2.35. The number of anilines is 1. The van der Waals surface area contributed by atoms with E-state index in [0.717, 1.165) is 22.4 Å². The molecule has 36 heavy (non-hydrogen) atoms. The molecule has 1 atom stereocenters. The second kappa shape index (κ2) is 9.58. The van der Waals surface area contributed by atoms with Crippen LogP contribution >= 0.6 is 0 Å². The maximum Gasteiger partial charge on any atom is 0.326 e. The highest BCUT2D eigenvalue weighted by molar-refractivity contribution is 6.01. The van der Waals surface area contributed by atoms with E-state index in [1.807, 2.05) is 86.6 Å². The van der Waals surface area contributed by atoms with Gasteiger partial charge in [0.2, 0.25) is 5.82 Å². The third-order valence-electron chi connectivity index (χ3n) is 6.23. The zero-order valence-electron chi connectivity index (χ0n) is 20.5. The number of amides is 2. The molecule has 0 saturated carbocycles. The van der Waals surface area contributed by atoms with E-state index in [-0.39, 0.29) is 6.03 Å². The van der Waals surface area contributed by atoms with Crippen LogP contribution in [0.2, 0.25) is 0 Å². The van der Waals surface area contributed by atoms with Gasteiger partial charge in [0.15, 0.2) is 0 Å². The molecule has 4 aromatic rings. The quantitative estimate of drug-likeness (QED) is 0.376. The van der Waals surface area contributed by atoms with Gasteiger partial charge in [-0.05, 0) is 55.8 Å². The molecule has 0 saturated heterocycles. The predicted octanol–water partition coefficient (Wildman–Crippen LogP) is 5.76. The highest BCUT2D eigenvalue weighted by atomic mass is 16.5. The summed E-state index contributed by atoms with van der Waals surface area (Å²) in [6, 6.07) is 22.0. The standard InChI is InChI=1S/C28H26N4O4/c1-17-5-7-20(8-6-17)26-30-27(36-31-26)24-18(2)32(21-11-15-23(35-4)16-12-21)28(33)29-25(24)19-9-13-22(34-3)14-10-19/h5-16,25H,1-4H3,(H,29,33). The van der Waals surface area contributed by atoms with Crippen LogP contribution in [0.15, 0.2) is 83.0 Å². The number of urea groups is 1. The van der Waals surface area contributed by atoms with Gasteiger partial charge in [0, 0.05) is 11.3 Å². The summed E-state index contributed by atoms with van der Waals surface area (Å²) < 4.78 is 16.3. The first-order valence-electron chi connectivity index (χ1n) is 11.5. The largest absolute Gasteiger partial charge is 0.497 e. The molecule has 1 aromatic heterocycles. The molecule has 3 aromatic carbocycles. The summed E-state index contributed by atoms with van der Waals surface area (Å²) in [6.45, 7) is 3.90. The molecule has 0 spiro atoms. The molecule has 2 heterocycles. The Kier molecular flexibility index (Phi) is 6.16. The summed E-state index contributed by atoms with van der Waals surface area (Å²) in [5.74, 6) is 2.24. The van der Waals surface area contributed by atoms with Gasteiger partial charge in [-0.15, -0.1) is 0 Å². The Morgan fingerprint density at radius 3 is 2.08 bits per heavy atom. The number of aryl methyl sites for hydroxylation is 1. The third kappa shape index (κ3) is 4.29. The number of hydrogen-bond donors (Lipinski definition) is 1. The van der Waals surface area contributed by atoms with Crippen molar-refractivity contribution in [2.45, 2.75) is 19.9 Å². The van der Waals surface area contributed by atoms with Crippen LogP contribution in [0.3, 0.4) is 0 Å². The molecule has 1 aliphatic rings. The third-order valence-corrected chi connectivity index (χ3v) is 6.23. The van der Waals surface area contributed by atoms with Crippen molar-refractivity contribution in [2.24, 2.45) is 0 Å². The van der Waals surface area contributed by atoms with Gasteiger partial charge in [0.1, 0.15) is 11.5 Å². The summed E-state index contributed by atoms with van der Waals surface area (Å²) >= 11 is 0. The molecule has 0 radical (unpaired) electrons. The topological polar surface area (TPSA) is 89.7 Å². The molecule has 182 valence electrons. The Labute approximate surface area is 209 Å². The number of nitrogens with zero attached hydrogens (tertiary/aromatic N) is 3. The minimum absolute atomic E-state index is 0.263. The molecule has 2 amide bonds. The molecule has 5 rings (SSSR count). The van der Waals surface area contributed by atoms with E-state index in [0.29, 0.717) is 34.4 Å². The monoisotopic (exact) mass is 482 g/mol. The van der Waals surface area contributed by atoms with Crippen LogP contribution in [0.1, 0.15) is 30.0 Å². The van der Waals surface area contributed by atoms with Crippen molar-refractivity contribution in [1.82, 2.24) is 15.5 Å². The first-order chi connectivity index (χ1) is 17.5. The minimum atomic E-state index is -0.496. The second-order valence-electron chi connectivity index (χ2n) is 8.48. The van der Waals surface area contributed by atoms with Crippen molar-refractivity contribution in [3.05, 3.63) is 95.5 Å². The smallest absolute Gasteiger partial charge is 0.326 e. The van der Waals surface area contributed by atoms with Crippen molar-refractivity contribution in [3.63, 3.8) is 0 Å². The number of rotatable bonds is 6. The fourth-order valence-corrected chi connectivity index (χ4v) is 4.26. The Morgan fingerprint density at radius 1 is 0.861 bits per heavy atom. The zero-order valence-corrected chi connectivity index (χ0v) is 20.5. The lowest BCUT2D eigenvalue weighted by molar-refractivity contribution is 0.244. The Hall–Kier alpha value is -4.59. The average Bonchev–Trinajstić information content (AvgIpc) is 3.39. The zero-order chi connectivity index (χ0) is 25.2. The van der Waals surface area contributed by atoms with Crippen LogP contribution in [0.4, 0.5) is 10.5 Å². The van der Waals surface area contributed by atoms with E-state index in [2.05, 4.69) is 10.5 Å². The SMILES string of the molecule is COc1ccc(C2NC(=O)N(c3ccc(OC)cc3)C(C)=C2c2nc(-c3ccc(C)cc3)no2)cc1. The van der Waals surface area contributed by atoms with Crippen LogP contribution in [0, 0.1) is 6.92 Å². The van der Waals surface area contributed by atoms with E-state index in [1.54, 1.807) is 19.1 Å². The number of allylic oxidation sites excluding steroid dienone is 1.